The number of nitrogens with zero attached hydrogens (tertiary/aromatic N) is 4. The Hall–Kier alpha value is -3.39. The van der Waals surface area contributed by atoms with E-state index in [0.717, 1.165) is 33.8 Å². The number of thiazole rings is 1. The van der Waals surface area contributed by atoms with Crippen LogP contribution in [0.25, 0.3) is 22.6 Å². The molecular formula is C21H18N4O3S. The van der Waals surface area contributed by atoms with Gasteiger partial charge in [0, 0.05) is 19.0 Å². The lowest BCUT2D eigenvalue weighted by atomic mass is 10.2. The van der Waals surface area contributed by atoms with Gasteiger partial charge in [0.15, 0.2) is 17.3 Å². The summed E-state index contributed by atoms with van der Waals surface area (Å²) in [6, 6.07) is 13.6. The predicted molar refractivity (Wildman–Crippen MR) is 110 cm³/mol. The van der Waals surface area contributed by atoms with Gasteiger partial charge in [0.1, 0.15) is 12.2 Å². The zero-order valence-corrected chi connectivity index (χ0v) is 16.6. The summed E-state index contributed by atoms with van der Waals surface area (Å²) in [6.07, 6.45) is 0. The number of rotatable bonds is 5. The molecule has 0 saturated heterocycles. The molecule has 4 aromatic rings. The van der Waals surface area contributed by atoms with Crippen molar-refractivity contribution in [3.8, 4) is 23.0 Å². The predicted octanol–water partition coefficient (Wildman–Crippen LogP) is 3.55. The van der Waals surface area contributed by atoms with Crippen molar-refractivity contribution in [3.63, 3.8) is 0 Å². The van der Waals surface area contributed by atoms with Gasteiger partial charge in [-0.2, -0.15) is 0 Å². The molecule has 2 aromatic carbocycles. The van der Waals surface area contributed by atoms with Crippen molar-refractivity contribution in [2.24, 2.45) is 0 Å². The lowest BCUT2D eigenvalue weighted by Crippen LogP contribution is -2.30. The molecule has 0 N–H and O–H groups in total. The average Bonchev–Trinajstić information content (AvgIpc) is 3.47. The maximum absolute atomic E-state index is 13.0. The molecule has 0 bridgehead atoms. The number of carbonyl (C=O) groups is 1. The third-order valence-corrected chi connectivity index (χ3v) is 5.48. The average molecular weight is 406 g/mol. The minimum atomic E-state index is -0.0118. The van der Waals surface area contributed by atoms with E-state index in [-0.39, 0.29) is 19.2 Å². The molecule has 2 aromatic heterocycles. The lowest BCUT2D eigenvalue weighted by Gasteiger charge is -2.19. The Kier molecular flexibility index (Phi) is 4.40. The minimum absolute atomic E-state index is 0.0118. The van der Waals surface area contributed by atoms with E-state index < -0.39 is 0 Å². The fourth-order valence-corrected chi connectivity index (χ4v) is 3.94. The Labute approximate surface area is 171 Å². The number of hydrogen-bond acceptors (Lipinski definition) is 6. The molecule has 0 atom stereocenters. The molecule has 0 unspecified atom stereocenters. The molecule has 1 amide bonds. The zero-order valence-electron chi connectivity index (χ0n) is 15.7. The number of fused-ring (bicyclic) bond motifs is 2. The second kappa shape index (κ2) is 7.21. The quantitative estimate of drug-likeness (QED) is 0.507. The van der Waals surface area contributed by atoms with E-state index in [1.165, 1.54) is 11.3 Å². The summed E-state index contributed by atoms with van der Waals surface area (Å²) < 4.78 is 12.7. The number of amides is 1. The summed E-state index contributed by atoms with van der Waals surface area (Å²) in [5.74, 6) is 2.15. The van der Waals surface area contributed by atoms with Gasteiger partial charge in [-0.1, -0.05) is 18.2 Å². The second-order valence-corrected chi connectivity index (χ2v) is 7.54. The Balaban J connectivity index is 1.40. The summed E-state index contributed by atoms with van der Waals surface area (Å²) in [5.41, 5.74) is 5.30. The van der Waals surface area contributed by atoms with Gasteiger partial charge in [-0.3, -0.25) is 4.79 Å². The Morgan fingerprint density at radius 1 is 1.21 bits per heavy atom. The van der Waals surface area contributed by atoms with Crippen LogP contribution in [0.5, 0.6) is 11.5 Å². The monoisotopic (exact) mass is 406 g/mol. The first-order valence-corrected chi connectivity index (χ1v) is 10.1. The third kappa shape index (κ3) is 3.31. The molecular weight excluding hydrogens is 388 g/mol. The van der Waals surface area contributed by atoms with Gasteiger partial charge < -0.3 is 18.9 Å². The van der Waals surface area contributed by atoms with Crippen molar-refractivity contribution in [3.05, 3.63) is 58.9 Å². The Bertz CT molecular complexity index is 1190. The van der Waals surface area contributed by atoms with Gasteiger partial charge in [-0.15, -0.1) is 11.3 Å². The summed E-state index contributed by atoms with van der Waals surface area (Å²) >= 11 is 1.51. The molecule has 0 radical (unpaired) electrons. The molecule has 0 fully saturated rings. The number of likely N-dealkylation sites (N-methyl/N-ethyl adjacent to an activating group) is 1. The van der Waals surface area contributed by atoms with Crippen molar-refractivity contribution in [2.45, 2.75) is 13.1 Å². The van der Waals surface area contributed by atoms with Crippen molar-refractivity contribution < 1.29 is 14.3 Å². The summed E-state index contributed by atoms with van der Waals surface area (Å²) in [6.45, 7) is 0.906. The van der Waals surface area contributed by atoms with Gasteiger partial charge in [0.2, 0.25) is 12.7 Å². The highest BCUT2D eigenvalue weighted by Gasteiger charge is 2.19. The highest BCUT2D eigenvalue weighted by molar-refractivity contribution is 7.07. The smallest absolute Gasteiger partial charge is 0.242 e. The number of para-hydroxylation sites is 2. The number of ether oxygens (including phenoxy) is 2. The van der Waals surface area contributed by atoms with E-state index in [1.54, 1.807) is 17.5 Å². The van der Waals surface area contributed by atoms with Gasteiger partial charge in [-0.05, 0) is 29.8 Å². The summed E-state index contributed by atoms with van der Waals surface area (Å²) in [4.78, 5) is 23.8. The molecule has 1 aliphatic heterocycles. The minimum Gasteiger partial charge on any atom is -0.454 e. The second-order valence-electron chi connectivity index (χ2n) is 6.82. The first kappa shape index (κ1) is 17.7. The van der Waals surface area contributed by atoms with Crippen molar-refractivity contribution >= 4 is 28.3 Å². The maximum Gasteiger partial charge on any atom is 0.242 e. The molecule has 5 rings (SSSR count). The van der Waals surface area contributed by atoms with Crippen LogP contribution in [0.15, 0.2) is 53.4 Å². The number of aromatic nitrogens is 3. The van der Waals surface area contributed by atoms with Gasteiger partial charge in [0.25, 0.3) is 0 Å². The number of hydrogen-bond donors (Lipinski definition) is 0. The molecule has 7 nitrogen and oxygen atoms in total. The fraction of sp³-hybridized carbons (Fsp3) is 0.190. The topological polar surface area (TPSA) is 69.5 Å². The van der Waals surface area contributed by atoms with Crippen LogP contribution in [0.2, 0.25) is 0 Å². The van der Waals surface area contributed by atoms with Crippen LogP contribution in [-0.2, 0) is 17.9 Å². The third-order valence-electron chi connectivity index (χ3n) is 4.89. The molecule has 3 heterocycles. The van der Waals surface area contributed by atoms with Crippen LogP contribution >= 0.6 is 11.3 Å². The van der Waals surface area contributed by atoms with E-state index in [2.05, 4.69) is 4.98 Å². The van der Waals surface area contributed by atoms with E-state index in [9.17, 15) is 4.79 Å². The van der Waals surface area contributed by atoms with Gasteiger partial charge >= 0.3 is 0 Å². The number of benzene rings is 2. The van der Waals surface area contributed by atoms with Crippen LogP contribution in [0.1, 0.15) is 5.56 Å². The zero-order chi connectivity index (χ0) is 19.8. The van der Waals surface area contributed by atoms with Crippen LogP contribution in [0.3, 0.4) is 0 Å². The van der Waals surface area contributed by atoms with Crippen molar-refractivity contribution in [2.75, 3.05) is 13.8 Å². The summed E-state index contributed by atoms with van der Waals surface area (Å²) in [5, 5.41) is 1.94. The van der Waals surface area contributed by atoms with Crippen molar-refractivity contribution in [1.29, 1.82) is 0 Å². The summed E-state index contributed by atoms with van der Waals surface area (Å²) in [7, 11) is 1.80. The van der Waals surface area contributed by atoms with Crippen LogP contribution in [0, 0.1) is 0 Å². The first-order chi connectivity index (χ1) is 14.2. The molecule has 0 aliphatic carbocycles. The van der Waals surface area contributed by atoms with Crippen LogP contribution in [-0.4, -0.2) is 39.2 Å². The molecule has 146 valence electrons. The van der Waals surface area contributed by atoms with Crippen LogP contribution < -0.4 is 9.47 Å². The van der Waals surface area contributed by atoms with E-state index in [4.69, 9.17) is 14.5 Å². The number of carbonyl (C=O) groups excluding carboxylic acids is 1. The first-order valence-electron chi connectivity index (χ1n) is 9.15. The van der Waals surface area contributed by atoms with E-state index in [0.29, 0.717) is 12.4 Å². The largest absolute Gasteiger partial charge is 0.454 e. The maximum atomic E-state index is 13.0. The molecule has 29 heavy (non-hydrogen) atoms. The van der Waals surface area contributed by atoms with Crippen LogP contribution in [0.4, 0.5) is 0 Å². The van der Waals surface area contributed by atoms with Gasteiger partial charge in [0.05, 0.1) is 16.5 Å². The fourth-order valence-electron chi connectivity index (χ4n) is 3.41. The normalized spacial score (nSPS) is 12.4. The highest BCUT2D eigenvalue weighted by atomic mass is 32.1. The molecule has 1 aliphatic rings. The standard InChI is InChI=1S/C21H18N4O3S/c1-24(9-14-6-7-18-19(8-14)28-13-27-18)20(26)10-25-17-5-3-2-4-15(17)23-21(25)16-11-29-12-22-16/h2-8,11-12H,9-10,13H2,1H3. The molecule has 8 heteroatoms. The Morgan fingerprint density at radius 3 is 2.93 bits per heavy atom. The molecule has 0 spiro atoms. The SMILES string of the molecule is CN(Cc1ccc2c(c1)OCO2)C(=O)Cn1c(-c2cscn2)nc2ccccc21. The van der Waals surface area contributed by atoms with Crippen molar-refractivity contribution in [1.82, 2.24) is 19.4 Å². The molecule has 0 saturated carbocycles. The number of imidazole rings is 1. The van der Waals surface area contributed by atoms with E-state index in [1.807, 2.05) is 52.4 Å². The van der Waals surface area contributed by atoms with E-state index >= 15 is 0 Å². The van der Waals surface area contributed by atoms with Gasteiger partial charge in [-0.25, -0.2) is 9.97 Å². The lowest BCUT2D eigenvalue weighted by molar-refractivity contribution is -0.130. The highest BCUT2D eigenvalue weighted by Crippen LogP contribution is 2.32. The Morgan fingerprint density at radius 2 is 2.07 bits per heavy atom.